The third-order valence-corrected chi connectivity index (χ3v) is 2.80. The van der Waals surface area contributed by atoms with E-state index in [2.05, 4.69) is 5.32 Å². The highest BCUT2D eigenvalue weighted by atomic mass is 19.1. The van der Waals surface area contributed by atoms with Crippen molar-refractivity contribution in [2.45, 2.75) is 6.54 Å². The van der Waals surface area contributed by atoms with E-state index in [1.165, 1.54) is 36.4 Å². The second-order valence-electron chi connectivity index (χ2n) is 4.17. The van der Waals surface area contributed by atoms with E-state index >= 15 is 0 Å². The van der Waals surface area contributed by atoms with E-state index in [0.29, 0.717) is 5.56 Å². The molecular formula is C13H10FN3O4. The second-order valence-corrected chi connectivity index (χ2v) is 4.17. The molecule has 0 unspecified atom stereocenters. The first-order valence-corrected chi connectivity index (χ1v) is 5.89. The van der Waals surface area contributed by atoms with E-state index < -0.39 is 15.7 Å². The quantitative estimate of drug-likeness (QED) is 0.673. The van der Waals surface area contributed by atoms with Gasteiger partial charge in [-0.2, -0.15) is 0 Å². The van der Waals surface area contributed by atoms with Gasteiger partial charge >= 0.3 is 0 Å². The van der Waals surface area contributed by atoms with Crippen LogP contribution < -0.4 is 5.32 Å². The fourth-order valence-corrected chi connectivity index (χ4v) is 1.77. The van der Waals surface area contributed by atoms with Crippen molar-refractivity contribution in [1.29, 1.82) is 0 Å². The lowest BCUT2D eigenvalue weighted by atomic mass is 10.2. The number of benzene rings is 2. The normalized spacial score (nSPS) is 10.1. The number of nitro groups is 2. The number of para-hydroxylation sites is 1. The average Bonchev–Trinajstić information content (AvgIpc) is 2.46. The largest absolute Gasteiger partial charge is 0.373 e. The standard InChI is InChI=1S/C13H10FN3O4/c14-11-2-1-3-12(17(20)21)13(11)15-8-9-4-6-10(7-5-9)16(18)19/h1-7,15H,8H2. The summed E-state index contributed by atoms with van der Waals surface area (Å²) in [6.45, 7) is 0.111. The Hall–Kier alpha value is -3.03. The van der Waals surface area contributed by atoms with Crippen LogP contribution in [0.25, 0.3) is 0 Å². The number of non-ortho nitro benzene ring substituents is 1. The molecule has 2 aromatic rings. The van der Waals surface area contributed by atoms with Gasteiger partial charge < -0.3 is 5.32 Å². The molecule has 0 saturated heterocycles. The Labute approximate surface area is 118 Å². The van der Waals surface area contributed by atoms with Crippen LogP contribution in [0, 0.1) is 26.0 Å². The van der Waals surface area contributed by atoms with E-state index in [9.17, 15) is 24.6 Å². The molecule has 2 aromatic carbocycles. The summed E-state index contributed by atoms with van der Waals surface area (Å²) in [7, 11) is 0. The van der Waals surface area contributed by atoms with Crippen LogP contribution in [-0.2, 0) is 6.54 Å². The van der Waals surface area contributed by atoms with Crippen LogP contribution in [0.5, 0.6) is 0 Å². The molecule has 0 aliphatic rings. The summed E-state index contributed by atoms with van der Waals surface area (Å²) in [5, 5.41) is 24.0. The van der Waals surface area contributed by atoms with E-state index in [1.54, 1.807) is 0 Å². The molecule has 0 aliphatic carbocycles. The van der Waals surface area contributed by atoms with Crippen molar-refractivity contribution in [1.82, 2.24) is 0 Å². The van der Waals surface area contributed by atoms with E-state index in [-0.39, 0.29) is 23.6 Å². The lowest BCUT2D eigenvalue weighted by molar-refractivity contribution is -0.384. The highest BCUT2D eigenvalue weighted by Crippen LogP contribution is 2.27. The number of hydrogen-bond acceptors (Lipinski definition) is 5. The minimum Gasteiger partial charge on any atom is -0.373 e. The first kappa shape index (κ1) is 14.4. The van der Waals surface area contributed by atoms with Crippen LogP contribution in [0.3, 0.4) is 0 Å². The molecule has 0 fully saturated rings. The number of rotatable bonds is 5. The van der Waals surface area contributed by atoms with Crippen LogP contribution >= 0.6 is 0 Å². The summed E-state index contributed by atoms with van der Waals surface area (Å²) in [4.78, 5) is 20.1. The van der Waals surface area contributed by atoms with Crippen LogP contribution in [0.15, 0.2) is 42.5 Å². The van der Waals surface area contributed by atoms with Gasteiger partial charge in [-0.15, -0.1) is 0 Å². The van der Waals surface area contributed by atoms with Gasteiger partial charge in [0, 0.05) is 24.7 Å². The summed E-state index contributed by atoms with van der Waals surface area (Å²) in [6, 6.07) is 9.19. The Morgan fingerprint density at radius 2 is 1.67 bits per heavy atom. The van der Waals surface area contributed by atoms with Crippen molar-refractivity contribution in [3.8, 4) is 0 Å². The molecular weight excluding hydrogens is 281 g/mol. The summed E-state index contributed by atoms with van der Waals surface area (Å²) in [6.07, 6.45) is 0. The fourth-order valence-electron chi connectivity index (χ4n) is 1.77. The molecule has 0 atom stereocenters. The van der Waals surface area contributed by atoms with E-state index in [1.807, 2.05) is 0 Å². The molecule has 0 saturated carbocycles. The minimum atomic E-state index is -0.730. The smallest absolute Gasteiger partial charge is 0.295 e. The van der Waals surface area contributed by atoms with E-state index in [4.69, 9.17) is 0 Å². The molecule has 0 aromatic heterocycles. The molecule has 0 bridgehead atoms. The van der Waals surface area contributed by atoms with Gasteiger partial charge in [-0.1, -0.05) is 18.2 Å². The molecule has 0 amide bonds. The summed E-state index contributed by atoms with van der Waals surface area (Å²) in [5.41, 5.74) is 0.00605. The third kappa shape index (κ3) is 3.30. The Kier molecular flexibility index (Phi) is 4.07. The predicted octanol–water partition coefficient (Wildman–Crippen LogP) is 3.25. The summed E-state index contributed by atoms with van der Waals surface area (Å²) >= 11 is 0. The maximum absolute atomic E-state index is 13.6. The molecule has 0 aliphatic heterocycles. The molecule has 8 heteroatoms. The van der Waals surface area contributed by atoms with Gasteiger partial charge in [0.25, 0.3) is 11.4 Å². The van der Waals surface area contributed by atoms with Gasteiger partial charge in [0.15, 0.2) is 5.82 Å². The zero-order valence-corrected chi connectivity index (χ0v) is 10.7. The maximum Gasteiger partial charge on any atom is 0.295 e. The lowest BCUT2D eigenvalue weighted by Gasteiger charge is -2.08. The Morgan fingerprint density at radius 1 is 1.00 bits per heavy atom. The van der Waals surface area contributed by atoms with Crippen molar-refractivity contribution >= 4 is 17.1 Å². The Bertz CT molecular complexity index is 688. The van der Waals surface area contributed by atoms with Gasteiger partial charge in [0.2, 0.25) is 0 Å². The summed E-state index contributed by atoms with van der Waals surface area (Å²) in [5.74, 6) is -0.730. The van der Waals surface area contributed by atoms with Crippen molar-refractivity contribution < 1.29 is 14.2 Å². The molecule has 1 N–H and O–H groups in total. The van der Waals surface area contributed by atoms with Crippen LogP contribution in [0.2, 0.25) is 0 Å². The second kappa shape index (κ2) is 5.95. The molecule has 108 valence electrons. The fraction of sp³-hybridized carbons (Fsp3) is 0.0769. The highest BCUT2D eigenvalue weighted by Gasteiger charge is 2.17. The van der Waals surface area contributed by atoms with Crippen molar-refractivity contribution in [3.05, 3.63) is 74.1 Å². The maximum atomic E-state index is 13.6. The third-order valence-electron chi connectivity index (χ3n) is 2.80. The molecule has 0 spiro atoms. The SMILES string of the molecule is O=[N+]([O-])c1ccc(CNc2c(F)cccc2[N+](=O)[O-])cc1. The number of hydrogen-bond donors (Lipinski definition) is 1. The number of nitro benzene ring substituents is 2. The Balaban J connectivity index is 2.16. The summed E-state index contributed by atoms with van der Waals surface area (Å²) < 4.78 is 13.6. The number of nitrogens with one attached hydrogen (secondary N) is 1. The molecule has 7 nitrogen and oxygen atoms in total. The predicted molar refractivity (Wildman–Crippen MR) is 73.5 cm³/mol. The monoisotopic (exact) mass is 291 g/mol. The van der Waals surface area contributed by atoms with E-state index in [0.717, 1.165) is 6.07 Å². The Morgan fingerprint density at radius 3 is 2.24 bits per heavy atom. The zero-order valence-electron chi connectivity index (χ0n) is 10.7. The molecule has 0 heterocycles. The first-order chi connectivity index (χ1) is 9.99. The van der Waals surface area contributed by atoms with Crippen molar-refractivity contribution in [3.63, 3.8) is 0 Å². The number of halogens is 1. The number of nitrogens with zero attached hydrogens (tertiary/aromatic N) is 2. The van der Waals surface area contributed by atoms with Gasteiger partial charge in [-0.25, -0.2) is 4.39 Å². The van der Waals surface area contributed by atoms with Gasteiger partial charge in [0.1, 0.15) is 5.69 Å². The number of anilines is 1. The van der Waals surface area contributed by atoms with Gasteiger partial charge in [-0.3, -0.25) is 20.2 Å². The first-order valence-electron chi connectivity index (χ1n) is 5.89. The van der Waals surface area contributed by atoms with Crippen LogP contribution in [0.4, 0.5) is 21.5 Å². The topological polar surface area (TPSA) is 98.3 Å². The molecule has 21 heavy (non-hydrogen) atoms. The van der Waals surface area contributed by atoms with Crippen LogP contribution in [0.1, 0.15) is 5.56 Å². The van der Waals surface area contributed by atoms with Gasteiger partial charge in [-0.05, 0) is 11.6 Å². The lowest BCUT2D eigenvalue weighted by Crippen LogP contribution is -2.04. The molecule has 2 rings (SSSR count). The highest BCUT2D eigenvalue weighted by molar-refractivity contribution is 5.62. The molecule has 0 radical (unpaired) electrons. The van der Waals surface area contributed by atoms with Crippen molar-refractivity contribution in [2.75, 3.05) is 5.32 Å². The van der Waals surface area contributed by atoms with Crippen LogP contribution in [-0.4, -0.2) is 9.85 Å². The zero-order chi connectivity index (χ0) is 15.4. The van der Waals surface area contributed by atoms with Gasteiger partial charge in [0.05, 0.1) is 9.85 Å². The average molecular weight is 291 g/mol. The van der Waals surface area contributed by atoms with Crippen molar-refractivity contribution in [2.24, 2.45) is 0 Å². The minimum absolute atomic E-state index is 0.0596.